The molecule has 0 aromatic heterocycles. The van der Waals surface area contributed by atoms with Crippen LogP contribution in [0.1, 0.15) is 62.6 Å². The van der Waals surface area contributed by atoms with Crippen molar-refractivity contribution in [2.24, 2.45) is 0 Å². The van der Waals surface area contributed by atoms with Gasteiger partial charge in [-0.25, -0.2) is 0 Å². The van der Waals surface area contributed by atoms with Gasteiger partial charge in [-0.2, -0.15) is 0 Å². The molecule has 1 atom stereocenters. The summed E-state index contributed by atoms with van der Waals surface area (Å²) in [5, 5.41) is 3.44. The fourth-order valence-corrected chi connectivity index (χ4v) is 2.65. The SMILES string of the molecule is CCCCCCCC(NC)c1ccc(C)c(Br)c1. The van der Waals surface area contributed by atoms with E-state index in [4.69, 9.17) is 0 Å². The van der Waals surface area contributed by atoms with Crippen molar-refractivity contribution in [3.8, 4) is 0 Å². The van der Waals surface area contributed by atoms with Gasteiger partial charge in [0.05, 0.1) is 0 Å². The summed E-state index contributed by atoms with van der Waals surface area (Å²) in [7, 11) is 2.06. The topological polar surface area (TPSA) is 12.0 Å². The van der Waals surface area contributed by atoms with Crippen molar-refractivity contribution in [3.63, 3.8) is 0 Å². The summed E-state index contributed by atoms with van der Waals surface area (Å²) in [6.07, 6.45) is 7.98. The third-order valence-corrected chi connectivity index (χ3v) is 4.40. The Labute approximate surface area is 120 Å². The van der Waals surface area contributed by atoms with E-state index in [-0.39, 0.29) is 0 Å². The molecule has 2 heteroatoms. The molecule has 0 radical (unpaired) electrons. The first-order valence-electron chi connectivity index (χ1n) is 7.12. The number of hydrogen-bond donors (Lipinski definition) is 1. The maximum Gasteiger partial charge on any atom is 0.0317 e. The summed E-state index contributed by atoms with van der Waals surface area (Å²) in [6.45, 7) is 4.40. The van der Waals surface area contributed by atoms with E-state index < -0.39 is 0 Å². The highest BCUT2D eigenvalue weighted by Gasteiger charge is 2.09. The van der Waals surface area contributed by atoms with Gasteiger partial charge in [-0.3, -0.25) is 0 Å². The van der Waals surface area contributed by atoms with Gasteiger partial charge in [-0.15, -0.1) is 0 Å². The summed E-state index contributed by atoms with van der Waals surface area (Å²) in [6, 6.07) is 7.18. The van der Waals surface area contributed by atoms with E-state index >= 15 is 0 Å². The van der Waals surface area contributed by atoms with Crippen molar-refractivity contribution in [2.75, 3.05) is 7.05 Å². The van der Waals surface area contributed by atoms with Crippen molar-refractivity contribution >= 4 is 15.9 Å². The zero-order chi connectivity index (χ0) is 13.4. The second kappa shape index (κ2) is 8.71. The van der Waals surface area contributed by atoms with Crippen molar-refractivity contribution in [1.29, 1.82) is 0 Å². The lowest BCUT2D eigenvalue weighted by Gasteiger charge is -2.17. The largest absolute Gasteiger partial charge is 0.313 e. The fourth-order valence-electron chi connectivity index (χ4n) is 2.26. The van der Waals surface area contributed by atoms with Crippen LogP contribution in [0.15, 0.2) is 22.7 Å². The van der Waals surface area contributed by atoms with Crippen LogP contribution in [0.2, 0.25) is 0 Å². The second-order valence-electron chi connectivity index (χ2n) is 5.05. The highest BCUT2D eigenvalue weighted by molar-refractivity contribution is 9.10. The summed E-state index contributed by atoms with van der Waals surface area (Å²) in [5.41, 5.74) is 2.70. The lowest BCUT2D eigenvalue weighted by molar-refractivity contribution is 0.500. The highest BCUT2D eigenvalue weighted by Crippen LogP contribution is 2.25. The lowest BCUT2D eigenvalue weighted by Crippen LogP contribution is -2.16. The van der Waals surface area contributed by atoms with Gasteiger partial charge in [0.1, 0.15) is 0 Å². The maximum absolute atomic E-state index is 3.62. The van der Waals surface area contributed by atoms with Gasteiger partial charge in [0.2, 0.25) is 0 Å². The Balaban J connectivity index is 2.47. The molecule has 1 nitrogen and oxygen atoms in total. The molecule has 102 valence electrons. The average Bonchev–Trinajstić information content (AvgIpc) is 2.37. The van der Waals surface area contributed by atoms with E-state index in [1.807, 2.05) is 0 Å². The predicted molar refractivity (Wildman–Crippen MR) is 84.1 cm³/mol. The number of benzene rings is 1. The molecule has 0 spiro atoms. The molecular formula is C16H26BrN. The first kappa shape index (κ1) is 15.7. The highest BCUT2D eigenvalue weighted by atomic mass is 79.9. The average molecular weight is 312 g/mol. The Bertz CT molecular complexity index is 349. The molecule has 0 fully saturated rings. The number of hydrogen-bond acceptors (Lipinski definition) is 1. The zero-order valence-corrected chi connectivity index (χ0v) is 13.5. The third kappa shape index (κ3) is 5.11. The molecule has 0 saturated heterocycles. The molecule has 1 unspecified atom stereocenters. The molecule has 1 aromatic carbocycles. The van der Waals surface area contributed by atoms with Crippen molar-refractivity contribution in [1.82, 2.24) is 5.32 Å². The summed E-state index contributed by atoms with van der Waals surface area (Å²) < 4.78 is 1.21. The molecular weight excluding hydrogens is 286 g/mol. The van der Waals surface area contributed by atoms with Gasteiger partial charge < -0.3 is 5.32 Å². The molecule has 0 saturated carbocycles. The molecule has 18 heavy (non-hydrogen) atoms. The third-order valence-electron chi connectivity index (χ3n) is 3.54. The number of nitrogens with one attached hydrogen (secondary N) is 1. The fraction of sp³-hybridized carbons (Fsp3) is 0.625. The van der Waals surface area contributed by atoms with Gasteiger partial charge in [0.25, 0.3) is 0 Å². The Morgan fingerprint density at radius 2 is 1.89 bits per heavy atom. The van der Waals surface area contributed by atoms with E-state index in [9.17, 15) is 0 Å². The van der Waals surface area contributed by atoms with Gasteiger partial charge in [-0.05, 0) is 37.6 Å². The summed E-state index contributed by atoms with van der Waals surface area (Å²) >= 11 is 3.62. The van der Waals surface area contributed by atoms with Crippen LogP contribution in [0.25, 0.3) is 0 Å². The Hall–Kier alpha value is -0.340. The second-order valence-corrected chi connectivity index (χ2v) is 5.91. The van der Waals surface area contributed by atoms with Crippen LogP contribution in [0.3, 0.4) is 0 Å². The number of halogens is 1. The van der Waals surface area contributed by atoms with E-state index in [1.165, 1.54) is 54.1 Å². The van der Waals surface area contributed by atoms with E-state index in [1.54, 1.807) is 0 Å². The molecule has 1 N–H and O–H groups in total. The number of unbranched alkanes of at least 4 members (excludes halogenated alkanes) is 4. The molecule has 1 aromatic rings. The van der Waals surface area contributed by atoms with Crippen molar-refractivity contribution in [2.45, 2.75) is 58.4 Å². The molecule has 0 heterocycles. The molecule has 1 rings (SSSR count). The molecule has 0 bridgehead atoms. The molecule has 0 amide bonds. The minimum Gasteiger partial charge on any atom is -0.313 e. The van der Waals surface area contributed by atoms with Crippen molar-refractivity contribution < 1.29 is 0 Å². The Morgan fingerprint density at radius 1 is 1.17 bits per heavy atom. The molecule has 0 aliphatic carbocycles. The van der Waals surface area contributed by atoms with Crippen molar-refractivity contribution in [3.05, 3.63) is 33.8 Å². The van der Waals surface area contributed by atoms with Crippen LogP contribution < -0.4 is 5.32 Å². The number of rotatable bonds is 8. The first-order valence-corrected chi connectivity index (χ1v) is 7.91. The van der Waals surface area contributed by atoms with Gasteiger partial charge >= 0.3 is 0 Å². The lowest BCUT2D eigenvalue weighted by atomic mass is 9.99. The summed E-state index contributed by atoms with van der Waals surface area (Å²) in [5.74, 6) is 0. The Kier molecular flexibility index (Phi) is 7.60. The van der Waals surface area contributed by atoms with Gasteiger partial charge in [0.15, 0.2) is 0 Å². The van der Waals surface area contributed by atoms with Crippen LogP contribution in [-0.4, -0.2) is 7.05 Å². The van der Waals surface area contributed by atoms with Gasteiger partial charge in [0, 0.05) is 10.5 Å². The first-order chi connectivity index (χ1) is 8.69. The smallest absolute Gasteiger partial charge is 0.0317 e. The molecule has 0 aliphatic rings. The van der Waals surface area contributed by atoms with E-state index in [0.29, 0.717) is 6.04 Å². The predicted octanol–water partition coefficient (Wildman–Crippen LogP) is 5.38. The quantitative estimate of drug-likeness (QED) is 0.636. The Morgan fingerprint density at radius 3 is 2.50 bits per heavy atom. The van der Waals surface area contributed by atoms with Crippen LogP contribution in [0.4, 0.5) is 0 Å². The van der Waals surface area contributed by atoms with Crippen LogP contribution >= 0.6 is 15.9 Å². The number of aryl methyl sites for hydroxylation is 1. The van der Waals surface area contributed by atoms with Crippen LogP contribution in [-0.2, 0) is 0 Å². The zero-order valence-electron chi connectivity index (χ0n) is 11.9. The van der Waals surface area contributed by atoms with Gasteiger partial charge in [-0.1, -0.05) is 67.1 Å². The van der Waals surface area contributed by atoms with E-state index in [2.05, 4.69) is 60.3 Å². The standard InChI is InChI=1S/C16H26BrN/c1-4-5-6-7-8-9-16(18-3)14-11-10-13(2)15(17)12-14/h10-12,16,18H,4-9H2,1-3H3. The molecule has 0 aliphatic heterocycles. The minimum atomic E-state index is 0.489. The maximum atomic E-state index is 3.62. The summed E-state index contributed by atoms with van der Waals surface area (Å²) in [4.78, 5) is 0. The normalized spacial score (nSPS) is 12.7. The van der Waals surface area contributed by atoms with Crippen LogP contribution in [0.5, 0.6) is 0 Å². The van der Waals surface area contributed by atoms with E-state index in [0.717, 1.165) is 0 Å². The van der Waals surface area contributed by atoms with Crippen LogP contribution in [0, 0.1) is 6.92 Å². The monoisotopic (exact) mass is 311 g/mol. The minimum absolute atomic E-state index is 0.489.